The van der Waals surface area contributed by atoms with E-state index in [9.17, 15) is 13.2 Å². The molecule has 6 nitrogen and oxygen atoms in total. The molecule has 0 saturated heterocycles. The summed E-state index contributed by atoms with van der Waals surface area (Å²) in [7, 11) is -3.08. The minimum Gasteiger partial charge on any atom is -0.462 e. The van der Waals surface area contributed by atoms with Crippen LogP contribution in [0.2, 0.25) is 5.15 Å². The zero-order valence-corrected chi connectivity index (χ0v) is 11.1. The Morgan fingerprint density at radius 1 is 1.59 bits per heavy atom. The van der Waals surface area contributed by atoms with Crippen LogP contribution < -0.4 is 0 Å². The summed E-state index contributed by atoms with van der Waals surface area (Å²) in [5.74, 6) is -0.629. The molecule has 0 fully saturated rings. The first kappa shape index (κ1) is 14.0. The van der Waals surface area contributed by atoms with E-state index in [0.717, 1.165) is 6.26 Å². The van der Waals surface area contributed by atoms with Gasteiger partial charge < -0.3 is 4.74 Å². The van der Waals surface area contributed by atoms with Gasteiger partial charge in [-0.1, -0.05) is 11.6 Å². The number of hydrogen-bond donors (Lipinski definition) is 0. The second-order valence-corrected chi connectivity index (χ2v) is 6.06. The lowest BCUT2D eigenvalue weighted by Gasteiger charge is -1.99. The molecule has 0 aliphatic heterocycles. The lowest BCUT2D eigenvalue weighted by atomic mass is 10.4. The molecule has 0 unspecified atom stereocenters. The first-order valence-corrected chi connectivity index (χ1v) is 7.35. The van der Waals surface area contributed by atoms with Crippen molar-refractivity contribution in [1.29, 1.82) is 0 Å². The van der Waals surface area contributed by atoms with Crippen molar-refractivity contribution in [3.63, 3.8) is 0 Å². The third kappa shape index (κ3) is 4.35. The molecule has 96 valence electrons. The van der Waals surface area contributed by atoms with Gasteiger partial charge in [-0.2, -0.15) is 5.10 Å². The molecule has 1 aromatic rings. The van der Waals surface area contributed by atoms with Gasteiger partial charge in [0.15, 0.2) is 5.15 Å². The first-order valence-electron chi connectivity index (χ1n) is 4.91. The molecule has 0 atom stereocenters. The van der Waals surface area contributed by atoms with Gasteiger partial charge in [0.05, 0.1) is 18.9 Å². The minimum absolute atomic E-state index is 0.0111. The smallest absolute Gasteiger partial charge is 0.342 e. The Morgan fingerprint density at radius 2 is 2.24 bits per heavy atom. The van der Waals surface area contributed by atoms with E-state index in [0.29, 0.717) is 0 Å². The van der Waals surface area contributed by atoms with Crippen molar-refractivity contribution in [1.82, 2.24) is 9.78 Å². The van der Waals surface area contributed by atoms with Gasteiger partial charge in [-0.15, -0.1) is 0 Å². The molecule has 0 N–H and O–H groups in total. The van der Waals surface area contributed by atoms with Crippen LogP contribution in [0.4, 0.5) is 0 Å². The number of halogens is 1. The predicted octanol–water partition coefficient (Wildman–Crippen LogP) is 0.758. The van der Waals surface area contributed by atoms with Crippen LogP contribution in [0, 0.1) is 0 Å². The summed E-state index contributed by atoms with van der Waals surface area (Å²) in [5, 5.41) is 3.84. The second kappa shape index (κ2) is 5.50. The minimum atomic E-state index is -3.08. The summed E-state index contributed by atoms with van der Waals surface area (Å²) in [6.45, 7) is 2.07. The Bertz CT molecular complexity index is 509. The molecule has 0 bridgehead atoms. The number of nitrogens with zero attached hydrogens (tertiary/aromatic N) is 2. The standard InChI is InChI=1S/C9H13ClN2O4S/c1-3-16-9(13)7-6-12(11-8(7)10)4-5-17(2,14)15/h6H,3-5H2,1-2H3. The molecule has 0 aromatic carbocycles. The highest BCUT2D eigenvalue weighted by Gasteiger charge is 2.16. The fraction of sp³-hybridized carbons (Fsp3) is 0.556. The van der Waals surface area contributed by atoms with Crippen molar-refractivity contribution in [3.05, 3.63) is 16.9 Å². The number of rotatable bonds is 5. The van der Waals surface area contributed by atoms with Gasteiger partial charge in [-0.25, -0.2) is 13.2 Å². The Morgan fingerprint density at radius 3 is 2.76 bits per heavy atom. The Kier molecular flexibility index (Phi) is 4.53. The summed E-state index contributed by atoms with van der Waals surface area (Å²) in [5.41, 5.74) is 0.141. The number of carbonyl (C=O) groups is 1. The lowest BCUT2D eigenvalue weighted by Crippen LogP contribution is -2.11. The SMILES string of the molecule is CCOC(=O)c1cn(CCS(C)(=O)=O)nc1Cl. The monoisotopic (exact) mass is 280 g/mol. The number of aromatic nitrogens is 2. The molecule has 1 rings (SSSR count). The number of sulfone groups is 1. The van der Waals surface area contributed by atoms with Gasteiger partial charge in [0, 0.05) is 12.5 Å². The number of ether oxygens (including phenoxy) is 1. The molecule has 8 heteroatoms. The van der Waals surface area contributed by atoms with E-state index in [1.54, 1.807) is 6.92 Å². The topological polar surface area (TPSA) is 78.3 Å². The van der Waals surface area contributed by atoms with Crippen LogP contribution in [-0.4, -0.2) is 42.8 Å². The van der Waals surface area contributed by atoms with Gasteiger partial charge in [0.25, 0.3) is 0 Å². The van der Waals surface area contributed by atoms with Gasteiger partial charge in [-0.3, -0.25) is 4.68 Å². The molecule has 0 saturated carbocycles. The number of aryl methyl sites for hydroxylation is 1. The maximum Gasteiger partial charge on any atom is 0.342 e. The molecule has 0 aliphatic carbocycles. The summed E-state index contributed by atoms with van der Waals surface area (Å²) in [6, 6.07) is 0. The van der Waals surface area contributed by atoms with Gasteiger partial charge in [-0.05, 0) is 6.92 Å². The van der Waals surface area contributed by atoms with E-state index >= 15 is 0 Å². The third-order valence-corrected chi connectivity index (χ3v) is 3.11. The summed E-state index contributed by atoms with van der Waals surface area (Å²) >= 11 is 5.74. The van der Waals surface area contributed by atoms with Crippen molar-refractivity contribution in [2.45, 2.75) is 13.5 Å². The zero-order valence-electron chi connectivity index (χ0n) is 9.51. The molecule has 0 aliphatic rings. The van der Waals surface area contributed by atoms with E-state index in [1.165, 1.54) is 10.9 Å². The average Bonchev–Trinajstić information content (AvgIpc) is 2.56. The maximum absolute atomic E-state index is 11.4. The molecule has 0 amide bonds. The molecule has 0 spiro atoms. The first-order chi connectivity index (χ1) is 7.83. The van der Waals surface area contributed by atoms with Crippen molar-refractivity contribution < 1.29 is 17.9 Å². The van der Waals surface area contributed by atoms with E-state index < -0.39 is 15.8 Å². The van der Waals surface area contributed by atoms with Crippen LogP contribution in [-0.2, 0) is 21.1 Å². The van der Waals surface area contributed by atoms with Crippen molar-refractivity contribution in [3.8, 4) is 0 Å². The van der Waals surface area contributed by atoms with Gasteiger partial charge in [0.2, 0.25) is 0 Å². The fourth-order valence-corrected chi connectivity index (χ4v) is 1.86. The molecule has 0 radical (unpaired) electrons. The maximum atomic E-state index is 11.4. The Hall–Kier alpha value is -1.08. The van der Waals surface area contributed by atoms with Gasteiger partial charge >= 0.3 is 5.97 Å². The van der Waals surface area contributed by atoms with Crippen LogP contribution in [0.25, 0.3) is 0 Å². The largest absolute Gasteiger partial charge is 0.462 e. The Balaban J connectivity index is 2.78. The van der Waals surface area contributed by atoms with E-state index in [1.807, 2.05) is 0 Å². The number of esters is 1. The van der Waals surface area contributed by atoms with Crippen molar-refractivity contribution >= 4 is 27.4 Å². The quantitative estimate of drug-likeness (QED) is 0.744. The predicted molar refractivity (Wildman–Crippen MR) is 62.9 cm³/mol. The third-order valence-electron chi connectivity index (χ3n) is 1.90. The van der Waals surface area contributed by atoms with Crippen LogP contribution in [0.15, 0.2) is 6.20 Å². The van der Waals surface area contributed by atoms with Crippen LogP contribution >= 0.6 is 11.6 Å². The Labute approximate surface area is 104 Å². The van der Waals surface area contributed by atoms with Crippen molar-refractivity contribution in [2.75, 3.05) is 18.6 Å². The second-order valence-electron chi connectivity index (χ2n) is 3.45. The highest BCUT2D eigenvalue weighted by molar-refractivity contribution is 7.90. The lowest BCUT2D eigenvalue weighted by molar-refractivity contribution is 0.0526. The van der Waals surface area contributed by atoms with Crippen LogP contribution in [0.3, 0.4) is 0 Å². The van der Waals surface area contributed by atoms with E-state index in [4.69, 9.17) is 16.3 Å². The molecular formula is C9H13ClN2O4S. The molecule has 1 heterocycles. The summed E-state index contributed by atoms with van der Waals surface area (Å²) in [4.78, 5) is 11.4. The average molecular weight is 281 g/mol. The highest BCUT2D eigenvalue weighted by atomic mass is 35.5. The van der Waals surface area contributed by atoms with Gasteiger partial charge in [0.1, 0.15) is 15.4 Å². The molecule has 1 aromatic heterocycles. The van der Waals surface area contributed by atoms with Crippen LogP contribution in [0.5, 0.6) is 0 Å². The number of hydrogen-bond acceptors (Lipinski definition) is 5. The summed E-state index contributed by atoms with van der Waals surface area (Å²) in [6.07, 6.45) is 2.51. The van der Waals surface area contributed by atoms with E-state index in [-0.39, 0.29) is 29.6 Å². The summed E-state index contributed by atoms with van der Waals surface area (Å²) < 4.78 is 28.0. The number of carbonyl (C=O) groups excluding carboxylic acids is 1. The zero-order chi connectivity index (χ0) is 13.1. The highest BCUT2D eigenvalue weighted by Crippen LogP contribution is 2.14. The van der Waals surface area contributed by atoms with Crippen molar-refractivity contribution in [2.24, 2.45) is 0 Å². The van der Waals surface area contributed by atoms with E-state index in [2.05, 4.69) is 5.10 Å². The van der Waals surface area contributed by atoms with Crippen LogP contribution in [0.1, 0.15) is 17.3 Å². The normalized spacial score (nSPS) is 11.5. The molecule has 17 heavy (non-hydrogen) atoms. The molecular weight excluding hydrogens is 268 g/mol. The fourth-order valence-electron chi connectivity index (χ4n) is 1.12.